The van der Waals surface area contributed by atoms with E-state index >= 15 is 0 Å². The van der Waals surface area contributed by atoms with Gasteiger partial charge in [0.1, 0.15) is 12.6 Å². The number of nitrogens with zero attached hydrogens (tertiary/aromatic N) is 3. The lowest BCUT2D eigenvalue weighted by Gasteiger charge is -2.40. The molecule has 5 N–H and O–H groups in total. The van der Waals surface area contributed by atoms with E-state index in [1.54, 1.807) is 0 Å². The minimum absolute atomic E-state index is 0.0986. The van der Waals surface area contributed by atoms with Crippen molar-refractivity contribution in [3.63, 3.8) is 0 Å². The smallest absolute Gasteiger partial charge is 0.242 e. The number of hydrogen-bond donors (Lipinski definition) is 3. The molecule has 2 fully saturated rings. The van der Waals surface area contributed by atoms with Gasteiger partial charge in [0.2, 0.25) is 17.8 Å². The number of hydrogen-bond acceptors (Lipinski definition) is 5. The molecule has 1 aliphatic heterocycles. The van der Waals surface area contributed by atoms with Crippen LogP contribution in [0.5, 0.6) is 0 Å². The van der Waals surface area contributed by atoms with E-state index in [0.717, 1.165) is 25.8 Å². The van der Waals surface area contributed by atoms with Crippen molar-refractivity contribution in [3.8, 4) is 0 Å². The largest absolute Gasteiger partial charge is 0.391 e. The first-order valence-electron chi connectivity index (χ1n) is 11.4. The van der Waals surface area contributed by atoms with E-state index in [1.165, 1.54) is 32.1 Å². The van der Waals surface area contributed by atoms with Gasteiger partial charge in [0.15, 0.2) is 0 Å². The number of likely N-dealkylation sites (N-methyl/N-ethyl adjacent to an activating group) is 1. The summed E-state index contributed by atoms with van der Waals surface area (Å²) in [5.74, 6) is 0.411. The minimum atomic E-state index is -0.423. The number of oxime groups is 1. The lowest BCUT2D eigenvalue weighted by Crippen LogP contribution is -2.57. The molecule has 2 rings (SSSR count). The number of piperidine rings is 1. The number of likely N-dealkylation sites (tertiary alicyclic amines) is 1. The molecule has 1 saturated heterocycles. The second-order valence-corrected chi connectivity index (χ2v) is 8.51. The Morgan fingerprint density at radius 3 is 2.53 bits per heavy atom. The van der Waals surface area contributed by atoms with Crippen LogP contribution in [0.15, 0.2) is 5.16 Å². The van der Waals surface area contributed by atoms with Crippen molar-refractivity contribution < 1.29 is 14.4 Å². The van der Waals surface area contributed by atoms with Crippen LogP contribution in [0.3, 0.4) is 0 Å². The normalized spacial score (nSPS) is 21.2. The molecule has 2 amide bonds. The Kier molecular flexibility index (Phi) is 10.2. The monoisotopic (exact) mass is 424 g/mol. The van der Waals surface area contributed by atoms with Gasteiger partial charge < -0.3 is 26.5 Å². The Hall–Kier alpha value is -2.03. The third-order valence-electron chi connectivity index (χ3n) is 6.35. The summed E-state index contributed by atoms with van der Waals surface area (Å²) in [5, 5.41) is 6.29. The number of amides is 2. The molecule has 172 valence electrons. The van der Waals surface area contributed by atoms with E-state index in [4.69, 9.17) is 16.3 Å². The van der Waals surface area contributed by atoms with Crippen LogP contribution in [0.2, 0.25) is 0 Å². The Balaban J connectivity index is 1.99. The van der Waals surface area contributed by atoms with Crippen molar-refractivity contribution >= 4 is 17.8 Å². The number of guanidine groups is 1. The third-order valence-corrected chi connectivity index (χ3v) is 6.35. The molecule has 9 nitrogen and oxygen atoms in total. The van der Waals surface area contributed by atoms with Crippen molar-refractivity contribution in [1.82, 2.24) is 15.1 Å². The van der Waals surface area contributed by atoms with Crippen molar-refractivity contribution in [2.75, 3.05) is 33.3 Å². The van der Waals surface area contributed by atoms with Crippen LogP contribution in [0.1, 0.15) is 64.7 Å². The summed E-state index contributed by atoms with van der Waals surface area (Å²) in [6.07, 6.45) is 9.72. The van der Waals surface area contributed by atoms with E-state index < -0.39 is 6.04 Å². The fourth-order valence-electron chi connectivity index (χ4n) is 4.55. The summed E-state index contributed by atoms with van der Waals surface area (Å²) >= 11 is 0. The van der Waals surface area contributed by atoms with Crippen molar-refractivity contribution in [3.05, 3.63) is 0 Å². The second kappa shape index (κ2) is 12.6. The molecule has 0 unspecified atom stereocenters. The SMILES string of the molecule is CCN(C)[C@H](CC1CCCCC1)C(=O)N1CCCC[C@H]1C(=O)NCCON=C(N)N. The zero-order chi connectivity index (χ0) is 21.9. The molecule has 0 aromatic heterocycles. The minimum Gasteiger partial charge on any atom is -0.391 e. The molecular formula is C21H40N6O3. The van der Waals surface area contributed by atoms with Gasteiger partial charge in [-0.05, 0) is 50.3 Å². The summed E-state index contributed by atoms with van der Waals surface area (Å²) in [5.41, 5.74) is 10.4. The van der Waals surface area contributed by atoms with Gasteiger partial charge in [0.25, 0.3) is 0 Å². The fraction of sp³-hybridized carbons (Fsp3) is 0.857. The summed E-state index contributed by atoms with van der Waals surface area (Å²) < 4.78 is 0. The first-order chi connectivity index (χ1) is 14.4. The van der Waals surface area contributed by atoms with E-state index in [2.05, 4.69) is 22.3 Å². The predicted octanol–water partition coefficient (Wildman–Crippen LogP) is 0.979. The van der Waals surface area contributed by atoms with Crippen LogP contribution < -0.4 is 16.8 Å². The van der Waals surface area contributed by atoms with Crippen LogP contribution in [-0.2, 0) is 14.4 Å². The van der Waals surface area contributed by atoms with Crippen molar-refractivity contribution in [1.29, 1.82) is 0 Å². The Morgan fingerprint density at radius 2 is 1.87 bits per heavy atom. The molecule has 30 heavy (non-hydrogen) atoms. The maximum atomic E-state index is 13.6. The zero-order valence-corrected chi connectivity index (χ0v) is 18.6. The Labute approximate surface area is 180 Å². The maximum absolute atomic E-state index is 13.6. The Bertz CT molecular complexity index is 575. The average Bonchev–Trinajstić information content (AvgIpc) is 2.76. The molecule has 0 bridgehead atoms. The van der Waals surface area contributed by atoms with E-state index in [9.17, 15) is 9.59 Å². The predicted molar refractivity (Wildman–Crippen MR) is 117 cm³/mol. The van der Waals surface area contributed by atoms with Crippen molar-refractivity contribution in [2.45, 2.75) is 76.8 Å². The van der Waals surface area contributed by atoms with E-state index in [0.29, 0.717) is 18.9 Å². The lowest BCUT2D eigenvalue weighted by molar-refractivity contribution is -0.146. The number of carbonyl (C=O) groups is 2. The van der Waals surface area contributed by atoms with Crippen LogP contribution >= 0.6 is 0 Å². The molecule has 1 saturated carbocycles. The van der Waals surface area contributed by atoms with Gasteiger partial charge in [-0.25, -0.2) is 0 Å². The highest BCUT2D eigenvalue weighted by molar-refractivity contribution is 5.90. The molecule has 0 aromatic carbocycles. The highest BCUT2D eigenvalue weighted by atomic mass is 16.6. The van der Waals surface area contributed by atoms with Crippen LogP contribution in [0.4, 0.5) is 0 Å². The van der Waals surface area contributed by atoms with E-state index in [-0.39, 0.29) is 37.0 Å². The maximum Gasteiger partial charge on any atom is 0.242 e. The topological polar surface area (TPSA) is 126 Å². The molecular weight excluding hydrogens is 384 g/mol. The summed E-state index contributed by atoms with van der Waals surface area (Å²) in [7, 11) is 2.02. The van der Waals surface area contributed by atoms with Crippen LogP contribution in [0, 0.1) is 5.92 Å². The quantitative estimate of drug-likeness (QED) is 0.208. The summed E-state index contributed by atoms with van der Waals surface area (Å²) in [6, 6.07) is -0.579. The third kappa shape index (κ3) is 7.34. The molecule has 9 heteroatoms. The lowest BCUT2D eigenvalue weighted by atomic mass is 9.84. The average molecular weight is 425 g/mol. The molecule has 0 spiro atoms. The van der Waals surface area contributed by atoms with E-state index in [1.807, 2.05) is 11.9 Å². The van der Waals surface area contributed by atoms with Gasteiger partial charge in [-0.15, -0.1) is 0 Å². The zero-order valence-electron chi connectivity index (χ0n) is 18.6. The number of rotatable bonds is 10. The van der Waals surface area contributed by atoms with Gasteiger partial charge in [-0.3, -0.25) is 14.5 Å². The number of nitrogens with one attached hydrogen (secondary N) is 1. The summed E-state index contributed by atoms with van der Waals surface area (Å²) in [6.45, 7) is 4.00. The highest BCUT2D eigenvalue weighted by Gasteiger charge is 2.37. The molecule has 0 radical (unpaired) electrons. The van der Waals surface area contributed by atoms with Gasteiger partial charge in [-0.2, -0.15) is 0 Å². The highest BCUT2D eigenvalue weighted by Crippen LogP contribution is 2.30. The second-order valence-electron chi connectivity index (χ2n) is 8.51. The van der Waals surface area contributed by atoms with Crippen LogP contribution in [0.25, 0.3) is 0 Å². The number of carbonyl (C=O) groups excluding carboxylic acids is 2. The Morgan fingerprint density at radius 1 is 1.17 bits per heavy atom. The molecule has 2 atom stereocenters. The molecule has 0 aromatic rings. The fourth-order valence-corrected chi connectivity index (χ4v) is 4.55. The molecule has 1 heterocycles. The first-order valence-corrected chi connectivity index (χ1v) is 11.4. The van der Waals surface area contributed by atoms with Gasteiger partial charge >= 0.3 is 0 Å². The number of nitrogens with two attached hydrogens (primary N) is 2. The molecule has 1 aliphatic carbocycles. The van der Waals surface area contributed by atoms with Crippen LogP contribution in [-0.4, -0.2) is 72.9 Å². The summed E-state index contributed by atoms with van der Waals surface area (Å²) in [4.78, 5) is 35.2. The van der Waals surface area contributed by atoms with Gasteiger partial charge in [-0.1, -0.05) is 39.0 Å². The first kappa shape index (κ1) is 24.2. The standard InChI is InChI=1S/C21H40N6O3/c1-3-26(2)18(15-16-9-5-4-6-10-16)20(29)27-13-8-7-11-17(27)19(28)24-12-14-30-25-21(22)23/h16-18H,3-15H2,1-2H3,(H,24,28)(H4,22,23,25)/t17-,18+/m0/s1. The van der Waals surface area contributed by atoms with Gasteiger partial charge in [0.05, 0.1) is 12.6 Å². The molecule has 2 aliphatic rings. The van der Waals surface area contributed by atoms with Gasteiger partial charge in [0, 0.05) is 6.54 Å². The van der Waals surface area contributed by atoms with Crippen molar-refractivity contribution in [2.24, 2.45) is 22.5 Å².